The second-order valence-corrected chi connectivity index (χ2v) is 7.55. The zero-order valence-electron chi connectivity index (χ0n) is 15.5. The van der Waals surface area contributed by atoms with Gasteiger partial charge in [-0.15, -0.1) is 11.3 Å². The summed E-state index contributed by atoms with van der Waals surface area (Å²) in [6, 6.07) is 6.05. The summed E-state index contributed by atoms with van der Waals surface area (Å²) < 4.78 is 1.39. The van der Waals surface area contributed by atoms with Crippen LogP contribution in [-0.2, 0) is 24.2 Å². The largest absolute Gasteiger partial charge is 0.324 e. The number of nitrogens with one attached hydrogen (secondary N) is 1. The highest BCUT2D eigenvalue weighted by Crippen LogP contribution is 2.25. The molecule has 136 valence electrons. The third kappa shape index (κ3) is 3.29. The molecule has 2 heterocycles. The number of carbonyl (C=O) groups is 1. The van der Waals surface area contributed by atoms with Crippen LogP contribution >= 0.6 is 11.3 Å². The average Bonchev–Trinajstić information content (AvgIpc) is 2.92. The average molecular weight is 369 g/mol. The maximum Gasteiger partial charge on any atom is 0.262 e. The van der Waals surface area contributed by atoms with Crippen molar-refractivity contribution in [3.05, 3.63) is 56.4 Å². The Labute approximate surface area is 156 Å². The van der Waals surface area contributed by atoms with Crippen molar-refractivity contribution in [2.75, 3.05) is 5.32 Å². The molecule has 2 aromatic heterocycles. The van der Waals surface area contributed by atoms with Gasteiger partial charge in [-0.25, -0.2) is 4.98 Å². The summed E-state index contributed by atoms with van der Waals surface area (Å²) >= 11 is 1.51. The Bertz CT molecular complexity index is 1010. The van der Waals surface area contributed by atoms with Gasteiger partial charge in [0, 0.05) is 10.6 Å². The van der Waals surface area contributed by atoms with Crippen LogP contribution in [0.1, 0.15) is 35.4 Å². The molecule has 6 heteroatoms. The number of thiophene rings is 1. The molecule has 26 heavy (non-hydrogen) atoms. The van der Waals surface area contributed by atoms with Crippen LogP contribution in [0.3, 0.4) is 0 Å². The van der Waals surface area contributed by atoms with Gasteiger partial charge < -0.3 is 5.32 Å². The molecule has 0 atom stereocenters. The van der Waals surface area contributed by atoms with Crippen LogP contribution in [0.15, 0.2) is 29.3 Å². The number of fused-ring (bicyclic) bond motifs is 1. The molecule has 0 saturated heterocycles. The highest BCUT2D eigenvalue weighted by molar-refractivity contribution is 7.18. The van der Waals surface area contributed by atoms with Gasteiger partial charge in [0.15, 0.2) is 0 Å². The standard InChI is InChI=1S/C20H23N3O2S/c1-5-14-8-7-9-15(6-2)18(14)22-16(24)10-23-11-21-19-17(20(23)25)12(3)13(4)26-19/h7-9,11H,5-6,10H2,1-4H3,(H,22,24). The lowest BCUT2D eigenvalue weighted by atomic mass is 10.0. The topological polar surface area (TPSA) is 64.0 Å². The van der Waals surface area contributed by atoms with Gasteiger partial charge in [0.1, 0.15) is 11.4 Å². The van der Waals surface area contributed by atoms with E-state index in [0.29, 0.717) is 5.39 Å². The number of rotatable bonds is 5. The van der Waals surface area contributed by atoms with Crippen molar-refractivity contribution < 1.29 is 4.79 Å². The number of para-hydroxylation sites is 1. The molecule has 1 amide bonds. The van der Waals surface area contributed by atoms with Crippen molar-refractivity contribution in [3.63, 3.8) is 0 Å². The van der Waals surface area contributed by atoms with Crippen molar-refractivity contribution in [2.24, 2.45) is 0 Å². The minimum Gasteiger partial charge on any atom is -0.324 e. The number of aromatic nitrogens is 2. The summed E-state index contributed by atoms with van der Waals surface area (Å²) in [5.74, 6) is -0.214. The van der Waals surface area contributed by atoms with Gasteiger partial charge in [-0.3, -0.25) is 14.2 Å². The highest BCUT2D eigenvalue weighted by atomic mass is 32.1. The van der Waals surface area contributed by atoms with Gasteiger partial charge in [-0.2, -0.15) is 0 Å². The first-order valence-electron chi connectivity index (χ1n) is 8.82. The predicted octanol–water partition coefficient (Wildman–Crippen LogP) is 3.84. The second kappa shape index (κ2) is 7.41. The van der Waals surface area contributed by atoms with Crippen LogP contribution in [0.25, 0.3) is 10.2 Å². The summed E-state index contributed by atoms with van der Waals surface area (Å²) in [5.41, 5.74) is 3.85. The second-order valence-electron chi connectivity index (χ2n) is 6.35. The smallest absolute Gasteiger partial charge is 0.262 e. The summed E-state index contributed by atoms with van der Waals surface area (Å²) in [4.78, 5) is 31.5. The van der Waals surface area contributed by atoms with Gasteiger partial charge in [-0.05, 0) is 43.4 Å². The van der Waals surface area contributed by atoms with Gasteiger partial charge in [-0.1, -0.05) is 32.0 Å². The Morgan fingerprint density at radius 3 is 2.46 bits per heavy atom. The Hall–Kier alpha value is -2.47. The van der Waals surface area contributed by atoms with E-state index in [1.54, 1.807) is 0 Å². The lowest BCUT2D eigenvalue weighted by molar-refractivity contribution is -0.116. The van der Waals surface area contributed by atoms with Crippen LogP contribution < -0.4 is 10.9 Å². The first-order valence-corrected chi connectivity index (χ1v) is 9.63. The quantitative estimate of drug-likeness (QED) is 0.743. The maximum atomic E-state index is 12.7. The molecule has 0 radical (unpaired) electrons. The van der Waals surface area contributed by atoms with Crippen LogP contribution in [0.4, 0.5) is 5.69 Å². The molecule has 5 nitrogen and oxygen atoms in total. The van der Waals surface area contributed by atoms with E-state index in [0.717, 1.165) is 44.9 Å². The fraction of sp³-hybridized carbons (Fsp3) is 0.350. The van der Waals surface area contributed by atoms with Gasteiger partial charge in [0.2, 0.25) is 5.91 Å². The van der Waals surface area contributed by atoms with Crippen molar-refractivity contribution in [1.29, 1.82) is 0 Å². The number of aryl methyl sites for hydroxylation is 4. The monoisotopic (exact) mass is 369 g/mol. The number of nitrogens with zero attached hydrogens (tertiary/aromatic N) is 2. The van der Waals surface area contributed by atoms with Gasteiger partial charge >= 0.3 is 0 Å². The van der Waals surface area contributed by atoms with E-state index in [-0.39, 0.29) is 18.0 Å². The van der Waals surface area contributed by atoms with Crippen LogP contribution in [0.5, 0.6) is 0 Å². The van der Waals surface area contributed by atoms with E-state index >= 15 is 0 Å². The van der Waals surface area contributed by atoms with Crippen molar-refractivity contribution >= 4 is 33.1 Å². The van der Waals surface area contributed by atoms with E-state index in [1.165, 1.54) is 22.2 Å². The van der Waals surface area contributed by atoms with Gasteiger partial charge in [0.25, 0.3) is 5.56 Å². The number of anilines is 1. The van der Waals surface area contributed by atoms with Crippen molar-refractivity contribution in [1.82, 2.24) is 9.55 Å². The lowest BCUT2D eigenvalue weighted by Crippen LogP contribution is -2.28. The molecule has 0 aliphatic rings. The molecule has 3 aromatic rings. The Morgan fingerprint density at radius 2 is 1.85 bits per heavy atom. The summed E-state index contributed by atoms with van der Waals surface area (Å²) in [5, 5.41) is 3.62. The number of benzene rings is 1. The molecular formula is C20H23N3O2S. The number of hydrogen-bond acceptors (Lipinski definition) is 4. The van der Waals surface area contributed by atoms with E-state index in [2.05, 4.69) is 24.1 Å². The minimum atomic E-state index is -0.214. The van der Waals surface area contributed by atoms with E-state index in [1.807, 2.05) is 32.0 Å². The zero-order chi connectivity index (χ0) is 18.8. The van der Waals surface area contributed by atoms with Gasteiger partial charge in [0.05, 0.1) is 11.7 Å². The van der Waals surface area contributed by atoms with E-state index < -0.39 is 0 Å². The molecule has 0 bridgehead atoms. The van der Waals surface area contributed by atoms with Crippen molar-refractivity contribution in [3.8, 4) is 0 Å². The molecule has 0 saturated carbocycles. The zero-order valence-corrected chi connectivity index (χ0v) is 16.4. The Morgan fingerprint density at radius 1 is 1.19 bits per heavy atom. The first kappa shape index (κ1) is 18.3. The molecule has 0 spiro atoms. The third-order valence-electron chi connectivity index (χ3n) is 4.73. The maximum absolute atomic E-state index is 12.7. The highest BCUT2D eigenvalue weighted by Gasteiger charge is 2.15. The normalized spacial score (nSPS) is 11.1. The van der Waals surface area contributed by atoms with Crippen LogP contribution in [0.2, 0.25) is 0 Å². The molecule has 0 unspecified atom stereocenters. The molecule has 0 fully saturated rings. The van der Waals surface area contributed by atoms with E-state index in [9.17, 15) is 9.59 Å². The predicted molar refractivity (Wildman–Crippen MR) is 107 cm³/mol. The minimum absolute atomic E-state index is 0.0443. The van der Waals surface area contributed by atoms with Crippen LogP contribution in [-0.4, -0.2) is 15.5 Å². The fourth-order valence-corrected chi connectivity index (χ4v) is 4.11. The number of amides is 1. The molecule has 3 rings (SSSR count). The molecular weight excluding hydrogens is 346 g/mol. The molecule has 1 N–H and O–H groups in total. The lowest BCUT2D eigenvalue weighted by Gasteiger charge is -2.15. The SMILES string of the molecule is CCc1cccc(CC)c1NC(=O)Cn1cnc2sc(C)c(C)c2c1=O. The molecule has 1 aromatic carbocycles. The summed E-state index contributed by atoms with van der Waals surface area (Å²) in [6.07, 6.45) is 3.14. The third-order valence-corrected chi connectivity index (χ3v) is 5.85. The summed E-state index contributed by atoms with van der Waals surface area (Å²) in [7, 11) is 0. The Kier molecular flexibility index (Phi) is 5.23. The van der Waals surface area contributed by atoms with E-state index in [4.69, 9.17) is 0 Å². The van der Waals surface area contributed by atoms with Crippen LogP contribution in [0, 0.1) is 13.8 Å². The summed E-state index contributed by atoms with van der Waals surface area (Å²) in [6.45, 7) is 7.99. The first-order chi connectivity index (χ1) is 12.5. The fourth-order valence-electron chi connectivity index (χ4n) is 3.12. The molecule has 0 aliphatic heterocycles. The molecule has 0 aliphatic carbocycles. The Balaban J connectivity index is 1.90. The number of hydrogen-bond donors (Lipinski definition) is 1. The van der Waals surface area contributed by atoms with Crippen molar-refractivity contribution in [2.45, 2.75) is 47.1 Å². The number of carbonyl (C=O) groups excluding carboxylic acids is 1.